The average molecular weight is 258 g/mol. The van der Waals surface area contributed by atoms with Gasteiger partial charge in [0.15, 0.2) is 0 Å². The summed E-state index contributed by atoms with van der Waals surface area (Å²) < 4.78 is 0. The molecule has 0 radical (unpaired) electrons. The predicted molar refractivity (Wildman–Crippen MR) is 82.3 cm³/mol. The first kappa shape index (κ1) is 15.1. The van der Waals surface area contributed by atoms with E-state index in [0.29, 0.717) is 17.3 Å². The van der Waals surface area contributed by atoms with Crippen molar-refractivity contribution < 1.29 is 0 Å². The van der Waals surface area contributed by atoms with Crippen LogP contribution in [0.5, 0.6) is 0 Å². The second-order valence-electron chi connectivity index (χ2n) is 4.58. The van der Waals surface area contributed by atoms with Crippen LogP contribution in [0.15, 0.2) is 34.5 Å². The maximum atomic E-state index is 7.83. The van der Waals surface area contributed by atoms with Crippen LogP contribution in [0.25, 0.3) is 0 Å². The average Bonchev–Trinajstić information content (AvgIpc) is 2.38. The number of nitrogens with two attached hydrogens (primary N) is 1. The molecular weight excluding hydrogens is 236 g/mol. The summed E-state index contributed by atoms with van der Waals surface area (Å²) >= 11 is 0. The highest BCUT2D eigenvalue weighted by Crippen LogP contribution is 2.10. The zero-order valence-corrected chi connectivity index (χ0v) is 11.9. The highest BCUT2D eigenvalue weighted by molar-refractivity contribution is 6.46. The molecule has 0 aliphatic heterocycles. The molecule has 1 rings (SSSR count). The molecular formula is C15H22N4. The fourth-order valence-electron chi connectivity index (χ4n) is 1.69. The Morgan fingerprint density at radius 2 is 1.95 bits per heavy atom. The molecule has 1 aromatic carbocycles. The Morgan fingerprint density at radius 3 is 2.53 bits per heavy atom. The van der Waals surface area contributed by atoms with Gasteiger partial charge in [0.2, 0.25) is 0 Å². The summed E-state index contributed by atoms with van der Waals surface area (Å²) in [5, 5.41) is 16.0. The number of hydrogen-bond acceptors (Lipinski definition) is 3. The van der Waals surface area contributed by atoms with Crippen molar-refractivity contribution in [2.24, 2.45) is 15.9 Å². The second-order valence-corrected chi connectivity index (χ2v) is 4.58. The number of unbranched alkanes of at least 4 members (excludes halogenated alkanes) is 1. The van der Waals surface area contributed by atoms with E-state index in [2.05, 4.69) is 17.1 Å². The van der Waals surface area contributed by atoms with Crippen molar-refractivity contribution >= 4 is 17.3 Å². The molecule has 0 atom stereocenters. The van der Waals surface area contributed by atoms with Gasteiger partial charge < -0.3 is 11.1 Å². The van der Waals surface area contributed by atoms with Crippen molar-refractivity contribution in [3.8, 4) is 0 Å². The normalized spacial score (nSPS) is 12.6. The molecule has 0 saturated carbocycles. The fourth-order valence-corrected chi connectivity index (χ4v) is 1.69. The lowest BCUT2D eigenvalue weighted by molar-refractivity contribution is 0.828. The number of nitrogens with zero attached hydrogens (tertiary/aromatic N) is 2. The van der Waals surface area contributed by atoms with Crippen LogP contribution in [0.4, 0.5) is 0 Å². The Bertz CT molecular complexity index is 501. The standard InChI is InChI=1S/C15H22N4/c1-4-5-10-14(17)18-19-15(12(3)16)13-9-7-6-8-11(13)2/h6-9,16H,4-5,10H2,1-3H3,(H2,17,18)/b16-12?,19-15-. The van der Waals surface area contributed by atoms with E-state index in [0.717, 1.165) is 30.4 Å². The lowest BCUT2D eigenvalue weighted by Crippen LogP contribution is -2.14. The summed E-state index contributed by atoms with van der Waals surface area (Å²) in [6.07, 6.45) is 2.83. The Morgan fingerprint density at radius 1 is 1.26 bits per heavy atom. The Labute approximate surface area is 115 Å². The van der Waals surface area contributed by atoms with E-state index in [1.807, 2.05) is 31.2 Å². The molecule has 19 heavy (non-hydrogen) atoms. The largest absolute Gasteiger partial charge is 0.386 e. The third-order valence-electron chi connectivity index (χ3n) is 2.82. The lowest BCUT2D eigenvalue weighted by Gasteiger charge is -2.06. The van der Waals surface area contributed by atoms with E-state index in [-0.39, 0.29) is 0 Å². The molecule has 102 valence electrons. The monoisotopic (exact) mass is 258 g/mol. The molecule has 0 bridgehead atoms. The molecule has 0 unspecified atom stereocenters. The van der Waals surface area contributed by atoms with Crippen LogP contribution >= 0.6 is 0 Å². The fraction of sp³-hybridized carbons (Fsp3) is 0.400. The summed E-state index contributed by atoms with van der Waals surface area (Å²) in [7, 11) is 0. The number of nitrogens with one attached hydrogen (secondary N) is 1. The first-order valence-corrected chi connectivity index (χ1v) is 6.57. The van der Waals surface area contributed by atoms with E-state index in [1.54, 1.807) is 6.92 Å². The SMILES string of the molecule is CCCCC(N)=N/N=C(/C(C)=N)c1ccccc1C. The summed E-state index contributed by atoms with van der Waals surface area (Å²) in [5.74, 6) is 0.522. The van der Waals surface area contributed by atoms with Crippen molar-refractivity contribution in [3.05, 3.63) is 35.4 Å². The van der Waals surface area contributed by atoms with Gasteiger partial charge in [0, 0.05) is 12.0 Å². The van der Waals surface area contributed by atoms with Crippen LogP contribution in [-0.2, 0) is 0 Å². The van der Waals surface area contributed by atoms with Gasteiger partial charge in [0.05, 0.1) is 5.71 Å². The Kier molecular flexibility index (Phi) is 5.93. The minimum absolute atomic E-state index is 0.390. The molecule has 0 aromatic heterocycles. The van der Waals surface area contributed by atoms with E-state index < -0.39 is 0 Å². The molecule has 0 saturated heterocycles. The van der Waals surface area contributed by atoms with Crippen molar-refractivity contribution in [2.75, 3.05) is 0 Å². The topological polar surface area (TPSA) is 74.6 Å². The van der Waals surface area contributed by atoms with Crippen LogP contribution in [0.3, 0.4) is 0 Å². The summed E-state index contributed by atoms with van der Waals surface area (Å²) in [4.78, 5) is 0. The van der Waals surface area contributed by atoms with E-state index >= 15 is 0 Å². The van der Waals surface area contributed by atoms with Crippen LogP contribution in [0.2, 0.25) is 0 Å². The summed E-state index contributed by atoms with van der Waals surface area (Å²) in [6.45, 7) is 5.82. The molecule has 0 spiro atoms. The maximum absolute atomic E-state index is 7.83. The first-order chi connectivity index (χ1) is 9.06. The maximum Gasteiger partial charge on any atom is 0.122 e. The van der Waals surface area contributed by atoms with Crippen molar-refractivity contribution in [1.82, 2.24) is 0 Å². The third-order valence-corrected chi connectivity index (χ3v) is 2.82. The van der Waals surface area contributed by atoms with Crippen molar-refractivity contribution in [3.63, 3.8) is 0 Å². The van der Waals surface area contributed by atoms with Gasteiger partial charge in [-0.15, -0.1) is 10.2 Å². The predicted octanol–water partition coefficient (Wildman–Crippen LogP) is 3.29. The van der Waals surface area contributed by atoms with Gasteiger partial charge in [-0.25, -0.2) is 0 Å². The highest BCUT2D eigenvalue weighted by atomic mass is 15.2. The molecule has 0 aliphatic rings. The third kappa shape index (κ3) is 4.66. The number of rotatable bonds is 6. The molecule has 0 fully saturated rings. The van der Waals surface area contributed by atoms with Gasteiger partial charge >= 0.3 is 0 Å². The van der Waals surface area contributed by atoms with Gasteiger partial charge in [0.1, 0.15) is 11.5 Å². The Hall–Kier alpha value is -1.97. The lowest BCUT2D eigenvalue weighted by atomic mass is 10.0. The first-order valence-electron chi connectivity index (χ1n) is 6.57. The van der Waals surface area contributed by atoms with Gasteiger partial charge in [-0.05, 0) is 25.8 Å². The zero-order chi connectivity index (χ0) is 14.3. The van der Waals surface area contributed by atoms with E-state index in [9.17, 15) is 0 Å². The molecule has 1 aromatic rings. The van der Waals surface area contributed by atoms with Crippen LogP contribution in [0, 0.1) is 12.3 Å². The molecule has 3 N–H and O–H groups in total. The van der Waals surface area contributed by atoms with E-state index in [1.165, 1.54) is 0 Å². The van der Waals surface area contributed by atoms with Gasteiger partial charge in [-0.3, -0.25) is 0 Å². The van der Waals surface area contributed by atoms with Crippen LogP contribution in [0.1, 0.15) is 44.2 Å². The van der Waals surface area contributed by atoms with Crippen LogP contribution in [-0.4, -0.2) is 17.3 Å². The van der Waals surface area contributed by atoms with Crippen molar-refractivity contribution in [1.29, 1.82) is 5.41 Å². The van der Waals surface area contributed by atoms with Gasteiger partial charge in [0.25, 0.3) is 0 Å². The molecule has 4 nitrogen and oxygen atoms in total. The number of amidine groups is 1. The smallest absolute Gasteiger partial charge is 0.122 e. The number of benzene rings is 1. The summed E-state index contributed by atoms with van der Waals surface area (Å²) in [6, 6.07) is 7.85. The van der Waals surface area contributed by atoms with Crippen LogP contribution < -0.4 is 5.73 Å². The number of hydrogen-bond donors (Lipinski definition) is 2. The van der Waals surface area contributed by atoms with Gasteiger partial charge in [-0.1, -0.05) is 37.6 Å². The molecule has 0 aliphatic carbocycles. The molecule has 0 amide bonds. The minimum atomic E-state index is 0.390. The van der Waals surface area contributed by atoms with Gasteiger partial charge in [-0.2, -0.15) is 0 Å². The van der Waals surface area contributed by atoms with Crippen molar-refractivity contribution in [2.45, 2.75) is 40.0 Å². The minimum Gasteiger partial charge on any atom is -0.386 e. The quantitative estimate of drug-likeness (QED) is 0.458. The number of aryl methyl sites for hydroxylation is 1. The second kappa shape index (κ2) is 7.46. The zero-order valence-electron chi connectivity index (χ0n) is 11.9. The highest BCUT2D eigenvalue weighted by Gasteiger charge is 2.08. The van der Waals surface area contributed by atoms with E-state index in [4.69, 9.17) is 11.1 Å². The summed E-state index contributed by atoms with van der Waals surface area (Å²) in [5.41, 5.74) is 8.78. The molecule has 0 heterocycles. The Balaban J connectivity index is 3.02. The molecule has 4 heteroatoms.